The van der Waals surface area contributed by atoms with Gasteiger partial charge < -0.3 is 9.64 Å². The van der Waals surface area contributed by atoms with Gasteiger partial charge in [0.2, 0.25) is 5.91 Å². The van der Waals surface area contributed by atoms with E-state index in [-0.39, 0.29) is 12.0 Å². The van der Waals surface area contributed by atoms with Gasteiger partial charge in [0.05, 0.1) is 6.54 Å². The zero-order valence-electron chi connectivity index (χ0n) is 12.3. The number of hydrogen-bond acceptors (Lipinski definition) is 5. The summed E-state index contributed by atoms with van der Waals surface area (Å²) < 4.78 is 7.53. The van der Waals surface area contributed by atoms with Gasteiger partial charge in [-0.05, 0) is 29.0 Å². The van der Waals surface area contributed by atoms with E-state index in [1.54, 1.807) is 11.0 Å². The molecule has 7 heteroatoms. The molecule has 3 rings (SSSR count). The van der Waals surface area contributed by atoms with Crippen molar-refractivity contribution in [3.05, 3.63) is 36.7 Å². The van der Waals surface area contributed by atoms with Crippen LogP contribution in [-0.2, 0) is 11.3 Å². The van der Waals surface area contributed by atoms with Crippen LogP contribution in [0.1, 0.15) is 19.3 Å². The minimum Gasteiger partial charge on any atom is -0.489 e. The molecule has 22 heavy (non-hydrogen) atoms. The molecule has 1 aromatic carbocycles. The minimum atomic E-state index is 0.0888. The van der Waals surface area contributed by atoms with Crippen molar-refractivity contribution < 1.29 is 9.53 Å². The van der Waals surface area contributed by atoms with Gasteiger partial charge in [-0.3, -0.25) is 4.79 Å². The zero-order valence-corrected chi connectivity index (χ0v) is 12.3. The van der Waals surface area contributed by atoms with E-state index in [2.05, 4.69) is 15.5 Å². The predicted molar refractivity (Wildman–Crippen MR) is 79.1 cm³/mol. The average Bonchev–Trinajstić information content (AvgIpc) is 3.20. The topological polar surface area (TPSA) is 73.1 Å². The molecule has 1 saturated heterocycles. The molecule has 0 aliphatic carbocycles. The summed E-state index contributed by atoms with van der Waals surface area (Å²) in [5.74, 6) is 1.03. The molecule has 1 fully saturated rings. The lowest BCUT2D eigenvalue weighted by Crippen LogP contribution is -2.30. The lowest BCUT2D eigenvalue weighted by Gasteiger charge is -2.17. The van der Waals surface area contributed by atoms with Crippen molar-refractivity contribution in [1.82, 2.24) is 25.1 Å². The number of aryl methyl sites for hydroxylation is 1. The molecule has 0 saturated carbocycles. The molecule has 0 bridgehead atoms. The van der Waals surface area contributed by atoms with Crippen molar-refractivity contribution in [1.29, 1.82) is 0 Å². The molecule has 1 aliphatic heterocycles. The Balaban J connectivity index is 1.41. The highest BCUT2D eigenvalue weighted by Crippen LogP contribution is 2.18. The van der Waals surface area contributed by atoms with Crippen LogP contribution < -0.4 is 4.74 Å². The van der Waals surface area contributed by atoms with Crippen LogP contribution in [0.5, 0.6) is 5.75 Å². The number of tetrazole rings is 1. The Kier molecular flexibility index (Phi) is 4.62. The maximum Gasteiger partial charge on any atom is 0.222 e. The van der Waals surface area contributed by atoms with Gasteiger partial charge in [0, 0.05) is 25.9 Å². The van der Waals surface area contributed by atoms with E-state index < -0.39 is 0 Å². The molecule has 0 radical (unpaired) electrons. The number of carbonyl (C=O) groups is 1. The van der Waals surface area contributed by atoms with E-state index in [9.17, 15) is 4.79 Å². The van der Waals surface area contributed by atoms with Gasteiger partial charge in [-0.25, -0.2) is 4.68 Å². The number of aromatic nitrogens is 4. The van der Waals surface area contributed by atoms with Gasteiger partial charge in [-0.2, -0.15) is 0 Å². The van der Waals surface area contributed by atoms with Crippen LogP contribution in [0.15, 0.2) is 36.7 Å². The highest BCUT2D eigenvalue weighted by atomic mass is 16.5. The standard InChI is InChI=1S/C15H19N5O2/c21-15(7-4-9-20-12-16-17-18-20)19-10-8-14(11-19)22-13-5-2-1-3-6-13/h1-3,5-6,12,14H,4,7-11H2/t14-/m1/s1. The summed E-state index contributed by atoms with van der Waals surface area (Å²) >= 11 is 0. The summed E-state index contributed by atoms with van der Waals surface area (Å²) in [4.78, 5) is 14.1. The first kappa shape index (κ1) is 14.5. The fourth-order valence-corrected chi connectivity index (χ4v) is 2.58. The maximum atomic E-state index is 12.2. The first-order valence-corrected chi connectivity index (χ1v) is 7.51. The van der Waals surface area contributed by atoms with Gasteiger partial charge in [-0.15, -0.1) is 5.10 Å². The Morgan fingerprint density at radius 1 is 1.32 bits per heavy atom. The molecule has 1 atom stereocenters. The second kappa shape index (κ2) is 7.02. The number of benzene rings is 1. The third kappa shape index (κ3) is 3.81. The number of carbonyl (C=O) groups excluding carboxylic acids is 1. The Bertz CT molecular complexity index is 587. The van der Waals surface area contributed by atoms with Crippen LogP contribution in [0.3, 0.4) is 0 Å². The maximum absolute atomic E-state index is 12.2. The van der Waals surface area contributed by atoms with Crippen LogP contribution in [-0.4, -0.2) is 50.2 Å². The molecule has 0 N–H and O–H groups in total. The summed E-state index contributed by atoms with van der Waals surface area (Å²) in [5, 5.41) is 10.9. The Morgan fingerprint density at radius 2 is 2.18 bits per heavy atom. The third-order valence-corrected chi connectivity index (χ3v) is 3.71. The monoisotopic (exact) mass is 301 g/mol. The Labute approximate surface area is 128 Å². The zero-order chi connectivity index (χ0) is 15.2. The number of ether oxygens (including phenoxy) is 1. The summed E-state index contributed by atoms with van der Waals surface area (Å²) in [6, 6.07) is 9.74. The summed E-state index contributed by atoms with van der Waals surface area (Å²) in [6.07, 6.45) is 3.78. The van der Waals surface area contributed by atoms with E-state index in [4.69, 9.17) is 4.74 Å². The summed E-state index contributed by atoms with van der Waals surface area (Å²) in [7, 11) is 0. The van der Waals surface area contributed by atoms with Crippen molar-refractivity contribution in [3.8, 4) is 5.75 Å². The van der Waals surface area contributed by atoms with Gasteiger partial charge >= 0.3 is 0 Å². The Hall–Kier alpha value is -2.44. The highest BCUT2D eigenvalue weighted by molar-refractivity contribution is 5.76. The molecule has 0 unspecified atom stereocenters. The first-order valence-electron chi connectivity index (χ1n) is 7.51. The smallest absolute Gasteiger partial charge is 0.222 e. The number of likely N-dealkylation sites (tertiary alicyclic amines) is 1. The second-order valence-electron chi connectivity index (χ2n) is 5.36. The second-order valence-corrected chi connectivity index (χ2v) is 5.36. The number of rotatable bonds is 6. The highest BCUT2D eigenvalue weighted by Gasteiger charge is 2.27. The number of hydrogen-bond donors (Lipinski definition) is 0. The molecule has 2 aromatic rings. The van der Waals surface area contributed by atoms with Crippen LogP contribution in [0.4, 0.5) is 0 Å². The summed E-state index contributed by atoms with van der Waals surface area (Å²) in [6.45, 7) is 2.09. The van der Waals surface area contributed by atoms with E-state index >= 15 is 0 Å². The fourth-order valence-electron chi connectivity index (χ4n) is 2.58. The van der Waals surface area contributed by atoms with Crippen molar-refractivity contribution in [2.75, 3.05) is 13.1 Å². The number of nitrogens with zero attached hydrogens (tertiary/aromatic N) is 5. The van der Waals surface area contributed by atoms with Crippen LogP contribution in [0.2, 0.25) is 0 Å². The van der Waals surface area contributed by atoms with Gasteiger partial charge in [0.1, 0.15) is 18.2 Å². The number of amides is 1. The molecule has 0 spiro atoms. The van der Waals surface area contributed by atoms with Crippen LogP contribution in [0.25, 0.3) is 0 Å². The predicted octanol–water partition coefficient (Wildman–Crippen LogP) is 1.13. The van der Waals surface area contributed by atoms with E-state index in [1.165, 1.54) is 0 Å². The summed E-state index contributed by atoms with van der Waals surface area (Å²) in [5.41, 5.74) is 0. The Morgan fingerprint density at radius 3 is 2.95 bits per heavy atom. The quantitative estimate of drug-likeness (QED) is 0.800. The molecule has 1 aromatic heterocycles. The molecule has 2 heterocycles. The van der Waals surface area contributed by atoms with Crippen molar-refractivity contribution in [2.45, 2.75) is 31.9 Å². The molecule has 1 aliphatic rings. The fraction of sp³-hybridized carbons (Fsp3) is 0.467. The minimum absolute atomic E-state index is 0.0888. The van der Waals surface area contributed by atoms with Crippen LogP contribution >= 0.6 is 0 Å². The van der Waals surface area contributed by atoms with Crippen molar-refractivity contribution in [2.24, 2.45) is 0 Å². The van der Waals surface area contributed by atoms with Gasteiger partial charge in [-0.1, -0.05) is 18.2 Å². The van der Waals surface area contributed by atoms with E-state index in [1.807, 2.05) is 35.2 Å². The van der Waals surface area contributed by atoms with Gasteiger partial charge in [0.25, 0.3) is 0 Å². The lowest BCUT2D eigenvalue weighted by atomic mass is 10.3. The number of para-hydroxylation sites is 1. The van der Waals surface area contributed by atoms with E-state index in [0.717, 1.165) is 25.1 Å². The van der Waals surface area contributed by atoms with E-state index in [0.29, 0.717) is 19.5 Å². The van der Waals surface area contributed by atoms with Crippen LogP contribution in [0, 0.1) is 0 Å². The lowest BCUT2D eigenvalue weighted by molar-refractivity contribution is -0.130. The largest absolute Gasteiger partial charge is 0.489 e. The molecule has 1 amide bonds. The average molecular weight is 301 g/mol. The molecule has 116 valence electrons. The SMILES string of the molecule is O=C(CCCn1cnnn1)N1CC[C@@H](Oc2ccccc2)C1. The normalized spacial score (nSPS) is 17.6. The molecule has 7 nitrogen and oxygen atoms in total. The van der Waals surface area contributed by atoms with Crippen molar-refractivity contribution >= 4 is 5.91 Å². The first-order chi connectivity index (χ1) is 10.8. The van der Waals surface area contributed by atoms with Gasteiger partial charge in [0.15, 0.2) is 0 Å². The molecular weight excluding hydrogens is 282 g/mol. The molecular formula is C15H19N5O2. The third-order valence-electron chi connectivity index (χ3n) is 3.71. The van der Waals surface area contributed by atoms with Crippen molar-refractivity contribution in [3.63, 3.8) is 0 Å².